The van der Waals surface area contributed by atoms with Gasteiger partial charge in [0.05, 0.1) is 5.41 Å². The van der Waals surface area contributed by atoms with E-state index in [2.05, 4.69) is 10.1 Å². The largest absolute Gasteiger partial charge is 0.481 e. The number of nitrogens with zero attached hydrogens (tertiary/aromatic N) is 3. The van der Waals surface area contributed by atoms with Gasteiger partial charge >= 0.3 is 5.97 Å². The van der Waals surface area contributed by atoms with Gasteiger partial charge in [-0.25, -0.2) is 4.98 Å². The van der Waals surface area contributed by atoms with Gasteiger partial charge < -0.3 is 5.11 Å². The normalized spacial score (nSPS) is 22.4. The Kier molecular flexibility index (Phi) is 3.52. The molecule has 1 aromatic rings. The molecule has 20 heavy (non-hydrogen) atoms. The van der Waals surface area contributed by atoms with Crippen molar-refractivity contribution in [2.45, 2.75) is 63.7 Å². The zero-order valence-electron chi connectivity index (χ0n) is 12.1. The highest BCUT2D eigenvalue weighted by atomic mass is 16.4. The number of carbonyl (C=O) groups is 1. The number of carboxylic acids is 1. The molecule has 1 N–H and O–H groups in total. The Morgan fingerprint density at radius 1 is 1.30 bits per heavy atom. The summed E-state index contributed by atoms with van der Waals surface area (Å²) in [5, 5.41) is 14.1. The number of aromatic nitrogens is 3. The molecule has 1 aromatic heterocycles. The minimum atomic E-state index is -0.666. The molecule has 0 aliphatic heterocycles. The summed E-state index contributed by atoms with van der Waals surface area (Å²) < 4.78 is 1.80. The van der Waals surface area contributed by atoms with E-state index in [0.717, 1.165) is 37.3 Å². The van der Waals surface area contributed by atoms with Gasteiger partial charge in [-0.2, -0.15) is 5.10 Å². The average Bonchev–Trinajstić information content (AvgIpc) is 3.12. The van der Waals surface area contributed by atoms with Gasteiger partial charge in [-0.15, -0.1) is 0 Å². The Labute approximate surface area is 119 Å². The first-order chi connectivity index (χ1) is 9.61. The molecule has 0 bridgehead atoms. The Morgan fingerprint density at radius 3 is 2.55 bits per heavy atom. The van der Waals surface area contributed by atoms with Crippen molar-refractivity contribution in [2.75, 3.05) is 0 Å². The van der Waals surface area contributed by atoms with Crippen LogP contribution in [0.2, 0.25) is 0 Å². The maximum absolute atomic E-state index is 11.6. The fourth-order valence-corrected chi connectivity index (χ4v) is 3.77. The molecule has 0 atom stereocenters. The Hall–Kier alpha value is -1.39. The summed E-state index contributed by atoms with van der Waals surface area (Å²) in [5.41, 5.74) is -0.603. The zero-order valence-corrected chi connectivity index (χ0v) is 12.1. The van der Waals surface area contributed by atoms with E-state index in [1.165, 1.54) is 25.7 Å². The number of rotatable bonds is 4. The molecular weight excluding hydrogens is 254 g/mol. The lowest BCUT2D eigenvalue weighted by Crippen LogP contribution is -2.31. The van der Waals surface area contributed by atoms with Crippen LogP contribution in [0.4, 0.5) is 0 Å². The van der Waals surface area contributed by atoms with Crippen molar-refractivity contribution in [1.82, 2.24) is 14.8 Å². The fraction of sp³-hybridized carbons (Fsp3) is 0.800. The maximum atomic E-state index is 11.6. The summed E-state index contributed by atoms with van der Waals surface area (Å²) in [6.45, 7) is 0. The topological polar surface area (TPSA) is 68.0 Å². The van der Waals surface area contributed by atoms with Gasteiger partial charge in [0, 0.05) is 19.4 Å². The molecule has 0 aromatic carbocycles. The first-order valence-corrected chi connectivity index (χ1v) is 7.74. The summed E-state index contributed by atoms with van der Waals surface area (Å²) in [4.78, 5) is 16.3. The van der Waals surface area contributed by atoms with E-state index in [0.29, 0.717) is 12.3 Å². The third-order valence-electron chi connectivity index (χ3n) is 5.10. The number of hydrogen-bond donors (Lipinski definition) is 1. The molecule has 0 saturated heterocycles. The molecule has 3 rings (SSSR count). The van der Waals surface area contributed by atoms with Crippen LogP contribution in [0.25, 0.3) is 0 Å². The van der Waals surface area contributed by atoms with Gasteiger partial charge in [-0.1, -0.05) is 25.7 Å². The van der Waals surface area contributed by atoms with E-state index in [9.17, 15) is 9.90 Å². The van der Waals surface area contributed by atoms with Crippen molar-refractivity contribution in [3.05, 3.63) is 11.6 Å². The van der Waals surface area contributed by atoms with Crippen molar-refractivity contribution in [3.8, 4) is 0 Å². The predicted molar refractivity (Wildman–Crippen MR) is 74.5 cm³/mol. The molecule has 110 valence electrons. The molecular formula is C15H23N3O2. The zero-order chi connectivity index (χ0) is 14.2. The first kappa shape index (κ1) is 13.6. The second kappa shape index (κ2) is 5.19. The minimum Gasteiger partial charge on any atom is -0.481 e. The summed E-state index contributed by atoms with van der Waals surface area (Å²) in [7, 11) is 1.89. The predicted octanol–water partition coefficient (Wildman–Crippen LogP) is 2.66. The highest BCUT2D eigenvalue weighted by Gasteiger charge is 2.42. The van der Waals surface area contributed by atoms with E-state index in [1.807, 2.05) is 7.05 Å². The molecule has 2 aliphatic rings. The van der Waals surface area contributed by atoms with Crippen molar-refractivity contribution in [1.29, 1.82) is 0 Å². The lowest BCUT2D eigenvalue weighted by Gasteiger charge is -2.22. The third-order valence-corrected chi connectivity index (χ3v) is 5.10. The van der Waals surface area contributed by atoms with Crippen LogP contribution in [0.5, 0.6) is 0 Å². The second-order valence-corrected chi connectivity index (χ2v) is 6.46. The molecule has 2 fully saturated rings. The lowest BCUT2D eigenvalue weighted by atomic mass is 9.82. The first-order valence-electron chi connectivity index (χ1n) is 7.74. The van der Waals surface area contributed by atoms with E-state index in [1.54, 1.807) is 4.68 Å². The molecule has 0 amide bonds. The van der Waals surface area contributed by atoms with E-state index < -0.39 is 11.4 Å². The van der Waals surface area contributed by atoms with Crippen LogP contribution >= 0.6 is 0 Å². The van der Waals surface area contributed by atoms with Crippen molar-refractivity contribution in [3.63, 3.8) is 0 Å². The maximum Gasteiger partial charge on any atom is 0.310 e. The number of aliphatic carboxylic acids is 1. The second-order valence-electron chi connectivity index (χ2n) is 6.46. The van der Waals surface area contributed by atoms with Crippen LogP contribution < -0.4 is 0 Å². The van der Waals surface area contributed by atoms with E-state index >= 15 is 0 Å². The Balaban J connectivity index is 1.81. The van der Waals surface area contributed by atoms with Gasteiger partial charge in [0.2, 0.25) is 0 Å². The summed E-state index contributed by atoms with van der Waals surface area (Å²) >= 11 is 0. The standard InChI is InChI=1S/C15H23N3O2/c1-18-12(10-15(14(19)20)8-4-5-9-15)16-13(17-18)11-6-2-3-7-11/h11H,2-10H2,1H3,(H,19,20). The van der Waals surface area contributed by atoms with Crippen LogP contribution in [0.15, 0.2) is 0 Å². The average molecular weight is 277 g/mol. The summed E-state index contributed by atoms with van der Waals surface area (Å²) in [6, 6.07) is 0. The molecule has 2 aliphatic carbocycles. The van der Waals surface area contributed by atoms with Crippen molar-refractivity contribution < 1.29 is 9.90 Å². The van der Waals surface area contributed by atoms with E-state index in [-0.39, 0.29) is 0 Å². The number of carboxylic acid groups (broad SMARTS) is 1. The summed E-state index contributed by atoms with van der Waals surface area (Å²) in [5.74, 6) is 1.59. The smallest absolute Gasteiger partial charge is 0.310 e. The fourth-order valence-electron chi connectivity index (χ4n) is 3.77. The van der Waals surface area contributed by atoms with Gasteiger partial charge in [0.15, 0.2) is 5.82 Å². The monoisotopic (exact) mass is 277 g/mol. The molecule has 1 heterocycles. The van der Waals surface area contributed by atoms with Gasteiger partial charge in [0.1, 0.15) is 5.82 Å². The van der Waals surface area contributed by atoms with E-state index in [4.69, 9.17) is 0 Å². The molecule has 0 radical (unpaired) electrons. The summed E-state index contributed by atoms with van der Waals surface area (Å²) in [6.07, 6.45) is 8.97. The van der Waals surface area contributed by atoms with Gasteiger partial charge in [-0.3, -0.25) is 9.48 Å². The van der Waals surface area contributed by atoms with Crippen molar-refractivity contribution in [2.24, 2.45) is 12.5 Å². The third kappa shape index (κ3) is 2.34. The molecule has 2 saturated carbocycles. The molecule has 0 spiro atoms. The lowest BCUT2D eigenvalue weighted by molar-refractivity contribution is -0.148. The molecule has 5 heteroatoms. The van der Waals surface area contributed by atoms with Gasteiger partial charge in [0.25, 0.3) is 0 Å². The highest BCUT2D eigenvalue weighted by molar-refractivity contribution is 5.75. The highest BCUT2D eigenvalue weighted by Crippen LogP contribution is 2.41. The van der Waals surface area contributed by atoms with Crippen LogP contribution in [0.1, 0.15) is 68.9 Å². The number of aryl methyl sites for hydroxylation is 1. The quantitative estimate of drug-likeness (QED) is 0.918. The van der Waals surface area contributed by atoms with Crippen molar-refractivity contribution >= 4 is 5.97 Å². The van der Waals surface area contributed by atoms with Crippen LogP contribution in [-0.4, -0.2) is 25.8 Å². The van der Waals surface area contributed by atoms with Crippen LogP contribution in [0, 0.1) is 5.41 Å². The molecule has 5 nitrogen and oxygen atoms in total. The minimum absolute atomic E-state index is 0.485. The van der Waals surface area contributed by atoms with Gasteiger partial charge in [-0.05, 0) is 25.7 Å². The Bertz CT molecular complexity index is 497. The van der Waals surface area contributed by atoms with Crippen LogP contribution in [0.3, 0.4) is 0 Å². The van der Waals surface area contributed by atoms with Crippen LogP contribution in [-0.2, 0) is 18.3 Å². The Morgan fingerprint density at radius 2 is 1.95 bits per heavy atom. The number of hydrogen-bond acceptors (Lipinski definition) is 3. The SMILES string of the molecule is Cn1nc(C2CCCC2)nc1CC1(C(=O)O)CCCC1. The molecule has 0 unspecified atom stereocenters.